The molecule has 0 saturated carbocycles. The van der Waals surface area contributed by atoms with Crippen LogP contribution in [0.1, 0.15) is 22.2 Å². The quantitative estimate of drug-likeness (QED) is 0.866. The summed E-state index contributed by atoms with van der Waals surface area (Å²) in [6.45, 7) is 4.05. The van der Waals surface area contributed by atoms with Gasteiger partial charge in [-0.15, -0.1) is 11.3 Å². The Hall–Kier alpha value is -1.52. The summed E-state index contributed by atoms with van der Waals surface area (Å²) in [6.07, 6.45) is 0. The van der Waals surface area contributed by atoms with Crippen molar-refractivity contribution in [2.45, 2.75) is 13.8 Å². The second-order valence-corrected chi connectivity index (χ2v) is 5.54. The van der Waals surface area contributed by atoms with Gasteiger partial charge in [-0.05, 0) is 43.2 Å². The first-order valence-electron chi connectivity index (χ1n) is 5.86. The van der Waals surface area contributed by atoms with Gasteiger partial charge >= 0.3 is 5.97 Å². The average Bonchev–Trinajstić information content (AvgIpc) is 2.75. The van der Waals surface area contributed by atoms with Crippen molar-refractivity contribution in [3.63, 3.8) is 0 Å². The molecule has 2 aromatic rings. The molecule has 0 aliphatic rings. The standard InChI is InChI=1S/C14H14ClNO2S/c1-3-18-14(17)13-11(16)7-12(19-13)9-4-5-10(15)8(2)6-9/h4-7H,3,16H2,1-2H3. The van der Waals surface area contributed by atoms with E-state index in [1.807, 2.05) is 25.1 Å². The van der Waals surface area contributed by atoms with Crippen LogP contribution in [0.3, 0.4) is 0 Å². The zero-order valence-corrected chi connectivity index (χ0v) is 12.3. The normalized spacial score (nSPS) is 10.5. The van der Waals surface area contributed by atoms with E-state index < -0.39 is 0 Å². The number of carbonyl (C=O) groups is 1. The average molecular weight is 296 g/mol. The Morgan fingerprint density at radius 3 is 2.79 bits per heavy atom. The zero-order chi connectivity index (χ0) is 14.0. The number of halogens is 1. The molecule has 2 rings (SSSR count). The first kappa shape index (κ1) is 13.9. The van der Waals surface area contributed by atoms with Crippen molar-refractivity contribution >= 4 is 34.6 Å². The SMILES string of the molecule is CCOC(=O)c1sc(-c2ccc(Cl)c(C)c2)cc1N. The largest absolute Gasteiger partial charge is 0.462 e. The highest BCUT2D eigenvalue weighted by atomic mass is 35.5. The van der Waals surface area contributed by atoms with E-state index in [9.17, 15) is 4.79 Å². The summed E-state index contributed by atoms with van der Waals surface area (Å²) in [7, 11) is 0. The Morgan fingerprint density at radius 2 is 2.16 bits per heavy atom. The summed E-state index contributed by atoms with van der Waals surface area (Å²) in [4.78, 5) is 13.1. The molecule has 1 aromatic carbocycles. The molecular formula is C14H14ClNO2S. The van der Waals surface area contributed by atoms with Gasteiger partial charge in [-0.3, -0.25) is 0 Å². The first-order valence-corrected chi connectivity index (χ1v) is 7.05. The van der Waals surface area contributed by atoms with E-state index in [4.69, 9.17) is 22.1 Å². The van der Waals surface area contributed by atoms with Crippen LogP contribution in [0.15, 0.2) is 24.3 Å². The molecule has 19 heavy (non-hydrogen) atoms. The van der Waals surface area contributed by atoms with Crippen LogP contribution >= 0.6 is 22.9 Å². The molecule has 0 atom stereocenters. The minimum Gasteiger partial charge on any atom is -0.462 e. The molecule has 2 N–H and O–H groups in total. The Morgan fingerprint density at radius 1 is 1.42 bits per heavy atom. The smallest absolute Gasteiger partial charge is 0.350 e. The summed E-state index contributed by atoms with van der Waals surface area (Å²) in [5, 5.41) is 0.721. The third kappa shape index (κ3) is 2.91. The fourth-order valence-electron chi connectivity index (χ4n) is 1.70. The van der Waals surface area contributed by atoms with Crippen LogP contribution in [0.5, 0.6) is 0 Å². The molecule has 3 nitrogen and oxygen atoms in total. The van der Waals surface area contributed by atoms with E-state index in [1.165, 1.54) is 11.3 Å². The monoisotopic (exact) mass is 295 g/mol. The van der Waals surface area contributed by atoms with Crippen LogP contribution < -0.4 is 5.73 Å². The van der Waals surface area contributed by atoms with Gasteiger partial charge in [-0.1, -0.05) is 17.7 Å². The summed E-state index contributed by atoms with van der Waals surface area (Å²) < 4.78 is 4.97. The van der Waals surface area contributed by atoms with Crippen molar-refractivity contribution in [1.29, 1.82) is 0 Å². The van der Waals surface area contributed by atoms with E-state index in [-0.39, 0.29) is 5.97 Å². The van der Waals surface area contributed by atoms with Crippen LogP contribution in [-0.4, -0.2) is 12.6 Å². The third-order valence-electron chi connectivity index (χ3n) is 2.66. The van der Waals surface area contributed by atoms with Gasteiger partial charge in [-0.25, -0.2) is 4.79 Å². The molecule has 0 unspecified atom stereocenters. The van der Waals surface area contributed by atoms with Gasteiger partial charge in [0.1, 0.15) is 4.88 Å². The molecule has 0 amide bonds. The van der Waals surface area contributed by atoms with Crippen molar-refractivity contribution in [1.82, 2.24) is 0 Å². The summed E-state index contributed by atoms with van der Waals surface area (Å²) >= 11 is 7.33. The molecular weight excluding hydrogens is 282 g/mol. The van der Waals surface area contributed by atoms with E-state index in [0.717, 1.165) is 21.0 Å². The number of nitrogen functional groups attached to an aromatic ring is 1. The molecule has 1 aromatic heterocycles. The number of aryl methyl sites for hydroxylation is 1. The molecule has 0 bridgehead atoms. The number of rotatable bonds is 3. The van der Waals surface area contributed by atoms with Crippen molar-refractivity contribution in [2.75, 3.05) is 12.3 Å². The van der Waals surface area contributed by atoms with Crippen LogP contribution in [0, 0.1) is 6.92 Å². The highest BCUT2D eigenvalue weighted by molar-refractivity contribution is 7.18. The predicted octanol–water partition coefficient (Wildman–Crippen LogP) is 4.14. The van der Waals surface area contributed by atoms with Crippen molar-refractivity contribution < 1.29 is 9.53 Å². The molecule has 1 heterocycles. The van der Waals surface area contributed by atoms with E-state index in [0.29, 0.717) is 17.2 Å². The number of esters is 1. The molecule has 0 radical (unpaired) electrons. The Balaban J connectivity index is 2.38. The van der Waals surface area contributed by atoms with Gasteiger partial charge in [0.15, 0.2) is 0 Å². The van der Waals surface area contributed by atoms with Gasteiger partial charge in [0, 0.05) is 9.90 Å². The van der Waals surface area contributed by atoms with Crippen LogP contribution in [-0.2, 0) is 4.74 Å². The lowest BCUT2D eigenvalue weighted by molar-refractivity contribution is 0.0533. The fraction of sp³-hybridized carbons (Fsp3) is 0.214. The lowest BCUT2D eigenvalue weighted by atomic mass is 10.1. The van der Waals surface area contributed by atoms with Gasteiger partial charge < -0.3 is 10.5 Å². The minimum absolute atomic E-state index is 0.339. The maximum atomic E-state index is 11.7. The van der Waals surface area contributed by atoms with Gasteiger partial charge in [-0.2, -0.15) is 0 Å². The summed E-state index contributed by atoms with van der Waals surface area (Å²) in [5.74, 6) is -0.373. The van der Waals surface area contributed by atoms with Gasteiger partial charge in [0.25, 0.3) is 0 Å². The van der Waals surface area contributed by atoms with Crippen LogP contribution in [0.25, 0.3) is 10.4 Å². The molecule has 100 valence electrons. The maximum absolute atomic E-state index is 11.7. The Kier molecular flexibility index (Phi) is 4.12. The van der Waals surface area contributed by atoms with Crippen molar-refractivity contribution in [3.05, 3.63) is 39.7 Å². The Labute approximate surface area is 121 Å². The molecule has 0 aliphatic carbocycles. The van der Waals surface area contributed by atoms with E-state index in [1.54, 1.807) is 13.0 Å². The molecule has 0 saturated heterocycles. The lowest BCUT2D eigenvalue weighted by Gasteiger charge is -2.01. The van der Waals surface area contributed by atoms with Crippen molar-refractivity contribution in [3.8, 4) is 10.4 Å². The van der Waals surface area contributed by atoms with Crippen LogP contribution in [0.2, 0.25) is 5.02 Å². The first-order chi connectivity index (χ1) is 9.02. The number of hydrogen-bond acceptors (Lipinski definition) is 4. The van der Waals surface area contributed by atoms with Gasteiger partial charge in [0.2, 0.25) is 0 Å². The molecule has 0 fully saturated rings. The number of hydrogen-bond donors (Lipinski definition) is 1. The maximum Gasteiger partial charge on any atom is 0.350 e. The predicted molar refractivity (Wildman–Crippen MR) is 79.9 cm³/mol. The fourth-order valence-corrected chi connectivity index (χ4v) is 2.79. The highest BCUT2D eigenvalue weighted by Crippen LogP contribution is 2.35. The minimum atomic E-state index is -0.373. The topological polar surface area (TPSA) is 52.3 Å². The van der Waals surface area contributed by atoms with Crippen LogP contribution in [0.4, 0.5) is 5.69 Å². The molecule has 5 heteroatoms. The second kappa shape index (κ2) is 5.63. The number of thiophene rings is 1. The number of ether oxygens (including phenoxy) is 1. The second-order valence-electron chi connectivity index (χ2n) is 4.08. The number of benzene rings is 1. The van der Waals surface area contributed by atoms with E-state index >= 15 is 0 Å². The summed E-state index contributed by atoms with van der Waals surface area (Å²) in [5.41, 5.74) is 8.30. The van der Waals surface area contributed by atoms with Crippen molar-refractivity contribution in [2.24, 2.45) is 0 Å². The number of carbonyl (C=O) groups excluding carboxylic acids is 1. The van der Waals surface area contributed by atoms with Gasteiger partial charge in [0.05, 0.1) is 12.3 Å². The highest BCUT2D eigenvalue weighted by Gasteiger charge is 2.16. The molecule has 0 aliphatic heterocycles. The Bertz CT molecular complexity index is 622. The molecule has 0 spiro atoms. The third-order valence-corrected chi connectivity index (χ3v) is 4.27. The lowest BCUT2D eigenvalue weighted by Crippen LogP contribution is -2.04. The number of nitrogens with two attached hydrogens (primary N) is 1. The van der Waals surface area contributed by atoms with E-state index in [2.05, 4.69) is 0 Å². The number of anilines is 1. The zero-order valence-electron chi connectivity index (χ0n) is 10.7. The summed E-state index contributed by atoms with van der Waals surface area (Å²) in [6, 6.07) is 7.52.